The van der Waals surface area contributed by atoms with Gasteiger partial charge in [-0.05, 0) is 19.1 Å². The average Bonchev–Trinajstić information content (AvgIpc) is 2.85. The summed E-state index contributed by atoms with van der Waals surface area (Å²) in [5, 5.41) is 3.98. The number of aromatic nitrogens is 4. The molecule has 2 rings (SSSR count). The summed E-state index contributed by atoms with van der Waals surface area (Å²) in [7, 11) is 0. The van der Waals surface area contributed by atoms with Crippen molar-refractivity contribution in [2.75, 3.05) is 5.43 Å². The Morgan fingerprint density at radius 3 is 2.68 bits per heavy atom. The van der Waals surface area contributed by atoms with Gasteiger partial charge in [0.1, 0.15) is 0 Å². The van der Waals surface area contributed by atoms with Gasteiger partial charge in [-0.3, -0.25) is 10.1 Å². The highest BCUT2D eigenvalue weighted by Gasteiger charge is 2.34. The van der Waals surface area contributed by atoms with Crippen molar-refractivity contribution in [3.8, 4) is 11.4 Å². The fourth-order valence-electron chi connectivity index (χ4n) is 1.59. The highest BCUT2D eigenvalue weighted by molar-refractivity contribution is 5.56. The van der Waals surface area contributed by atoms with Crippen molar-refractivity contribution in [2.45, 2.75) is 19.6 Å². The topological polar surface area (TPSA) is 81.7 Å². The normalized spacial score (nSPS) is 11.6. The molecule has 0 saturated heterocycles. The summed E-state index contributed by atoms with van der Waals surface area (Å²) in [5.41, 5.74) is 1.54. The van der Waals surface area contributed by atoms with Crippen molar-refractivity contribution in [3.63, 3.8) is 0 Å². The lowest BCUT2D eigenvalue weighted by atomic mass is 10.2. The Labute approximate surface area is 106 Å². The van der Waals surface area contributed by atoms with Crippen LogP contribution in [-0.2, 0) is 12.7 Å². The van der Waals surface area contributed by atoms with Crippen molar-refractivity contribution < 1.29 is 13.2 Å². The standard InChI is InChI=1S/C10H11F3N6/c1-2-19-7(3-4-15-19)6-5-8(10(11,12)13)17-9(16-6)18-14/h3-5H,2,14H2,1H3,(H,16,17,18). The smallest absolute Gasteiger partial charge is 0.292 e. The third kappa shape index (κ3) is 2.65. The molecule has 6 nitrogen and oxygen atoms in total. The number of rotatable bonds is 3. The minimum atomic E-state index is -4.57. The molecular formula is C10H11F3N6. The quantitative estimate of drug-likeness (QED) is 0.656. The van der Waals surface area contributed by atoms with Crippen LogP contribution in [0.4, 0.5) is 19.1 Å². The molecule has 2 aromatic rings. The summed E-state index contributed by atoms with van der Waals surface area (Å²) < 4.78 is 39.7. The first kappa shape index (κ1) is 13.3. The van der Waals surface area contributed by atoms with Crippen molar-refractivity contribution in [1.29, 1.82) is 0 Å². The van der Waals surface area contributed by atoms with E-state index in [0.29, 0.717) is 12.2 Å². The van der Waals surface area contributed by atoms with E-state index in [0.717, 1.165) is 6.07 Å². The first-order valence-electron chi connectivity index (χ1n) is 5.40. The highest BCUT2D eigenvalue weighted by atomic mass is 19.4. The molecular weight excluding hydrogens is 261 g/mol. The third-order valence-corrected chi connectivity index (χ3v) is 2.42. The number of halogens is 3. The van der Waals surface area contributed by atoms with E-state index in [4.69, 9.17) is 5.84 Å². The van der Waals surface area contributed by atoms with Gasteiger partial charge in [0.15, 0.2) is 5.69 Å². The lowest BCUT2D eigenvalue weighted by molar-refractivity contribution is -0.141. The van der Waals surface area contributed by atoms with Gasteiger partial charge < -0.3 is 0 Å². The maximum Gasteiger partial charge on any atom is 0.433 e. The summed E-state index contributed by atoms with van der Waals surface area (Å²) >= 11 is 0. The van der Waals surface area contributed by atoms with Crippen LogP contribution >= 0.6 is 0 Å². The molecule has 0 aliphatic heterocycles. The van der Waals surface area contributed by atoms with E-state index in [1.807, 2.05) is 12.3 Å². The zero-order chi connectivity index (χ0) is 14.0. The minimum Gasteiger partial charge on any atom is -0.292 e. The summed E-state index contributed by atoms with van der Waals surface area (Å²) in [4.78, 5) is 7.20. The van der Waals surface area contributed by atoms with Gasteiger partial charge in [0.2, 0.25) is 5.95 Å². The van der Waals surface area contributed by atoms with Gasteiger partial charge in [0, 0.05) is 12.7 Å². The molecule has 0 bridgehead atoms. The second-order valence-electron chi connectivity index (χ2n) is 3.64. The first-order chi connectivity index (χ1) is 8.95. The largest absolute Gasteiger partial charge is 0.433 e. The number of anilines is 1. The number of hydrogen-bond donors (Lipinski definition) is 2. The Bertz CT molecular complexity index is 577. The fourth-order valence-corrected chi connectivity index (χ4v) is 1.59. The van der Waals surface area contributed by atoms with Gasteiger partial charge in [-0.1, -0.05) is 0 Å². The van der Waals surface area contributed by atoms with Crippen LogP contribution < -0.4 is 11.3 Å². The number of aryl methyl sites for hydroxylation is 1. The number of nitrogens with zero attached hydrogens (tertiary/aromatic N) is 4. The Morgan fingerprint density at radius 2 is 2.11 bits per heavy atom. The molecule has 102 valence electrons. The van der Waals surface area contributed by atoms with Gasteiger partial charge in [0.25, 0.3) is 0 Å². The van der Waals surface area contributed by atoms with Crippen LogP contribution in [0.25, 0.3) is 11.4 Å². The van der Waals surface area contributed by atoms with Gasteiger partial charge >= 0.3 is 6.18 Å². The number of hydrogen-bond acceptors (Lipinski definition) is 5. The molecule has 3 N–H and O–H groups in total. The molecule has 2 aromatic heterocycles. The summed E-state index contributed by atoms with van der Waals surface area (Å²) in [6, 6.07) is 2.44. The van der Waals surface area contributed by atoms with E-state index in [-0.39, 0.29) is 11.6 Å². The predicted octanol–water partition coefficient (Wildman–Crippen LogP) is 1.66. The monoisotopic (exact) mass is 272 g/mol. The van der Waals surface area contributed by atoms with Crippen LogP contribution in [0, 0.1) is 0 Å². The number of nitrogens with one attached hydrogen (secondary N) is 1. The minimum absolute atomic E-state index is 0.106. The van der Waals surface area contributed by atoms with Crippen LogP contribution in [0.5, 0.6) is 0 Å². The van der Waals surface area contributed by atoms with E-state index in [9.17, 15) is 13.2 Å². The molecule has 0 saturated carbocycles. The Balaban J connectivity index is 2.57. The molecule has 0 fully saturated rings. The molecule has 0 radical (unpaired) electrons. The maximum absolute atomic E-state index is 12.7. The van der Waals surface area contributed by atoms with Crippen molar-refractivity contribution >= 4 is 5.95 Å². The molecule has 0 aromatic carbocycles. The molecule has 0 atom stereocenters. The molecule has 9 heteroatoms. The molecule has 0 aliphatic carbocycles. The number of hydrazine groups is 1. The van der Waals surface area contributed by atoms with Crippen molar-refractivity contribution in [1.82, 2.24) is 19.7 Å². The summed E-state index contributed by atoms with van der Waals surface area (Å²) in [6.07, 6.45) is -3.08. The Kier molecular flexibility index (Phi) is 3.38. The second kappa shape index (κ2) is 4.84. The van der Waals surface area contributed by atoms with Crippen molar-refractivity contribution in [3.05, 3.63) is 24.0 Å². The zero-order valence-electron chi connectivity index (χ0n) is 9.94. The van der Waals surface area contributed by atoms with Gasteiger partial charge in [-0.25, -0.2) is 15.8 Å². The maximum atomic E-state index is 12.7. The van der Waals surface area contributed by atoms with Crippen LogP contribution in [0.1, 0.15) is 12.6 Å². The Morgan fingerprint density at radius 1 is 1.37 bits per heavy atom. The summed E-state index contributed by atoms with van der Waals surface area (Å²) in [6.45, 7) is 2.34. The first-order valence-corrected chi connectivity index (χ1v) is 5.40. The SMILES string of the molecule is CCn1nccc1-c1cc(C(F)(F)F)nc(NN)n1. The number of nitrogen functional groups attached to an aromatic ring is 1. The molecule has 19 heavy (non-hydrogen) atoms. The summed E-state index contributed by atoms with van der Waals surface area (Å²) in [5.74, 6) is 4.79. The lowest BCUT2D eigenvalue weighted by Crippen LogP contribution is -2.16. The van der Waals surface area contributed by atoms with Crippen LogP contribution in [0.15, 0.2) is 18.3 Å². The van der Waals surface area contributed by atoms with E-state index in [1.54, 1.807) is 6.07 Å². The Hall–Kier alpha value is -2.16. The molecule has 0 unspecified atom stereocenters. The predicted molar refractivity (Wildman–Crippen MR) is 61.7 cm³/mol. The number of nitrogens with two attached hydrogens (primary N) is 1. The van der Waals surface area contributed by atoms with Gasteiger partial charge in [0.05, 0.1) is 11.4 Å². The van der Waals surface area contributed by atoms with E-state index < -0.39 is 11.9 Å². The molecule has 0 spiro atoms. The second-order valence-corrected chi connectivity index (χ2v) is 3.64. The third-order valence-electron chi connectivity index (χ3n) is 2.42. The van der Waals surface area contributed by atoms with Crippen LogP contribution in [-0.4, -0.2) is 19.7 Å². The lowest BCUT2D eigenvalue weighted by Gasteiger charge is -2.10. The van der Waals surface area contributed by atoms with Crippen LogP contribution in [0.3, 0.4) is 0 Å². The molecule has 0 amide bonds. The van der Waals surface area contributed by atoms with E-state index in [2.05, 4.69) is 15.1 Å². The van der Waals surface area contributed by atoms with Gasteiger partial charge in [-0.15, -0.1) is 0 Å². The molecule has 2 heterocycles. The van der Waals surface area contributed by atoms with E-state index in [1.165, 1.54) is 10.9 Å². The number of alkyl halides is 3. The van der Waals surface area contributed by atoms with Crippen molar-refractivity contribution in [2.24, 2.45) is 5.84 Å². The average molecular weight is 272 g/mol. The molecule has 0 aliphatic rings. The van der Waals surface area contributed by atoms with Gasteiger partial charge in [-0.2, -0.15) is 18.3 Å². The van der Waals surface area contributed by atoms with Crippen LogP contribution in [0.2, 0.25) is 0 Å². The highest BCUT2D eigenvalue weighted by Crippen LogP contribution is 2.30. The van der Waals surface area contributed by atoms with E-state index >= 15 is 0 Å². The zero-order valence-corrected chi connectivity index (χ0v) is 9.94. The fraction of sp³-hybridized carbons (Fsp3) is 0.300.